The highest BCUT2D eigenvalue weighted by Crippen LogP contribution is 2.39. The number of ether oxygens (including phenoxy) is 2. The Bertz CT molecular complexity index is 1180. The number of benzene rings is 1. The van der Waals surface area contributed by atoms with Crippen LogP contribution in [-0.2, 0) is 33.1 Å². The Hall–Kier alpha value is -3.33. The van der Waals surface area contributed by atoms with Crippen LogP contribution in [0.1, 0.15) is 43.9 Å². The van der Waals surface area contributed by atoms with E-state index < -0.39 is 42.0 Å². The lowest BCUT2D eigenvalue weighted by Gasteiger charge is -2.38. The van der Waals surface area contributed by atoms with E-state index in [1.54, 1.807) is 11.8 Å². The Morgan fingerprint density at radius 2 is 1.69 bits per heavy atom. The van der Waals surface area contributed by atoms with Crippen molar-refractivity contribution >= 4 is 29.7 Å². The van der Waals surface area contributed by atoms with Gasteiger partial charge in [-0.25, -0.2) is 9.78 Å². The van der Waals surface area contributed by atoms with Crippen LogP contribution in [-0.4, -0.2) is 89.6 Å². The fourth-order valence-corrected chi connectivity index (χ4v) is 5.14. The van der Waals surface area contributed by atoms with Gasteiger partial charge in [0.1, 0.15) is 0 Å². The number of likely N-dealkylation sites (tertiary alicyclic amines) is 1. The zero-order chi connectivity index (χ0) is 28.8. The first-order valence-corrected chi connectivity index (χ1v) is 13.5. The lowest BCUT2D eigenvalue weighted by atomic mass is 9.84. The van der Waals surface area contributed by atoms with Gasteiger partial charge in [0, 0.05) is 26.2 Å². The van der Waals surface area contributed by atoms with E-state index in [1.165, 1.54) is 5.69 Å². The number of carbonyl (C=O) groups is 3. The van der Waals surface area contributed by atoms with Crippen LogP contribution in [0.2, 0.25) is 0 Å². The molecule has 0 unspecified atom stereocenters. The van der Waals surface area contributed by atoms with Crippen LogP contribution in [0.4, 0.5) is 0 Å². The van der Waals surface area contributed by atoms with E-state index in [2.05, 4.69) is 27.6 Å². The van der Waals surface area contributed by atoms with E-state index in [9.17, 15) is 19.5 Å². The van der Waals surface area contributed by atoms with Crippen molar-refractivity contribution in [3.8, 4) is 11.5 Å². The van der Waals surface area contributed by atoms with Crippen LogP contribution in [0.15, 0.2) is 29.6 Å². The van der Waals surface area contributed by atoms with Gasteiger partial charge in [-0.15, -0.1) is 0 Å². The first-order valence-electron chi connectivity index (χ1n) is 12.2. The molecule has 0 saturated carbocycles. The average molecular weight is 568 g/mol. The van der Waals surface area contributed by atoms with Gasteiger partial charge in [-0.05, 0) is 43.7 Å². The van der Waals surface area contributed by atoms with Crippen LogP contribution in [0.25, 0.3) is 0 Å². The highest BCUT2D eigenvalue weighted by Gasteiger charge is 2.41. The SMILES string of the molecule is CCn1c(CN2CCC(O)(c3ccc4c(c3)OCO4)CC2)cnc1SC.O=C(O)CC(O)(CC(=O)O)C(=O)O. The summed E-state index contributed by atoms with van der Waals surface area (Å²) in [6, 6.07) is 5.78. The maximum atomic E-state index is 11.2. The van der Waals surface area contributed by atoms with Gasteiger partial charge in [-0.3, -0.25) is 14.5 Å². The molecule has 0 spiro atoms. The molecule has 0 radical (unpaired) electrons. The normalized spacial score (nSPS) is 16.3. The van der Waals surface area contributed by atoms with E-state index >= 15 is 0 Å². The van der Waals surface area contributed by atoms with Gasteiger partial charge in [-0.2, -0.15) is 0 Å². The molecule has 1 saturated heterocycles. The molecule has 1 aromatic heterocycles. The van der Waals surface area contributed by atoms with Gasteiger partial charge in [0.05, 0.1) is 30.3 Å². The molecule has 0 aliphatic carbocycles. The summed E-state index contributed by atoms with van der Waals surface area (Å²) < 4.78 is 13.1. The Morgan fingerprint density at radius 1 is 1.08 bits per heavy atom. The Kier molecular flexibility index (Phi) is 9.83. The number of aliphatic carboxylic acids is 3. The Balaban J connectivity index is 0.000000276. The summed E-state index contributed by atoms with van der Waals surface area (Å²) in [6.07, 6.45) is 3.17. The lowest BCUT2D eigenvalue weighted by Crippen LogP contribution is -2.42. The minimum atomic E-state index is -2.74. The van der Waals surface area contributed by atoms with E-state index in [1.807, 2.05) is 24.4 Å². The van der Waals surface area contributed by atoms with Crippen LogP contribution in [0.3, 0.4) is 0 Å². The lowest BCUT2D eigenvalue weighted by molar-refractivity contribution is -0.170. The molecule has 2 aliphatic heterocycles. The summed E-state index contributed by atoms with van der Waals surface area (Å²) >= 11 is 1.68. The summed E-state index contributed by atoms with van der Waals surface area (Å²) in [6.45, 7) is 5.93. The number of piperidine rings is 1. The molecule has 1 fully saturated rings. The predicted octanol–water partition coefficient (Wildman–Crippen LogP) is 1.59. The number of aliphatic hydroxyl groups is 2. The molecule has 0 atom stereocenters. The summed E-state index contributed by atoms with van der Waals surface area (Å²) in [5, 5.41) is 46.0. The number of nitrogens with zero attached hydrogens (tertiary/aromatic N) is 3. The molecule has 14 heteroatoms. The zero-order valence-corrected chi connectivity index (χ0v) is 22.5. The summed E-state index contributed by atoms with van der Waals surface area (Å²) in [7, 11) is 0. The van der Waals surface area contributed by atoms with Crippen LogP contribution in [0.5, 0.6) is 11.5 Å². The zero-order valence-electron chi connectivity index (χ0n) is 21.7. The Morgan fingerprint density at radius 3 is 2.23 bits per heavy atom. The van der Waals surface area contributed by atoms with Crippen molar-refractivity contribution in [3.05, 3.63) is 35.7 Å². The molecule has 39 heavy (non-hydrogen) atoms. The van der Waals surface area contributed by atoms with Gasteiger partial charge in [0.15, 0.2) is 22.3 Å². The topological polar surface area (TPSA) is 192 Å². The fraction of sp³-hybridized carbons (Fsp3) is 0.520. The molecular weight excluding hydrogens is 534 g/mol. The molecule has 0 bridgehead atoms. The predicted molar refractivity (Wildman–Crippen MR) is 138 cm³/mol. The van der Waals surface area contributed by atoms with Gasteiger partial charge in [0.2, 0.25) is 6.79 Å². The second-order valence-corrected chi connectivity index (χ2v) is 10.1. The third-order valence-electron chi connectivity index (χ3n) is 6.66. The number of aromatic nitrogens is 2. The number of thioether (sulfide) groups is 1. The number of fused-ring (bicyclic) bond motifs is 1. The van der Waals surface area contributed by atoms with E-state index in [0.29, 0.717) is 12.8 Å². The summed E-state index contributed by atoms with van der Waals surface area (Å²) in [5.74, 6) is -3.53. The standard InChI is InChI=1S/C19H25N3O3S.C6H8O7/c1-3-22-15(11-20-18(22)26-2)12-21-8-6-19(23,7-9-21)14-4-5-16-17(10-14)25-13-24-16;7-3(8)1-6(13,5(11)12)2-4(9)10/h4-5,10-11,23H,3,6-9,12-13H2,1-2H3;13H,1-2H2,(H,7,8)(H,9,10)(H,11,12). The third kappa shape index (κ3) is 7.41. The molecule has 2 aliphatic rings. The average Bonchev–Trinajstić information content (AvgIpc) is 3.50. The van der Waals surface area contributed by atoms with E-state index in [0.717, 1.165) is 48.4 Å². The number of carboxylic acid groups (broad SMARTS) is 3. The van der Waals surface area contributed by atoms with Crippen LogP contribution in [0, 0.1) is 0 Å². The highest BCUT2D eigenvalue weighted by atomic mass is 32.2. The highest BCUT2D eigenvalue weighted by molar-refractivity contribution is 7.98. The number of hydrogen-bond acceptors (Lipinski definition) is 10. The van der Waals surface area contributed by atoms with Crippen molar-refractivity contribution < 1.29 is 49.4 Å². The van der Waals surface area contributed by atoms with Crippen molar-refractivity contribution in [1.29, 1.82) is 0 Å². The van der Waals surface area contributed by atoms with Gasteiger partial charge in [0.25, 0.3) is 0 Å². The first kappa shape index (κ1) is 30.2. The van der Waals surface area contributed by atoms with Crippen molar-refractivity contribution in [3.63, 3.8) is 0 Å². The minimum Gasteiger partial charge on any atom is -0.481 e. The van der Waals surface area contributed by atoms with Gasteiger partial charge in [-0.1, -0.05) is 17.8 Å². The van der Waals surface area contributed by atoms with Crippen molar-refractivity contribution in [1.82, 2.24) is 14.5 Å². The molecule has 3 heterocycles. The number of carboxylic acids is 3. The Labute approximate surface area is 229 Å². The van der Waals surface area contributed by atoms with Crippen molar-refractivity contribution in [2.45, 2.75) is 62.1 Å². The molecule has 5 N–H and O–H groups in total. The van der Waals surface area contributed by atoms with E-state index in [-0.39, 0.29) is 6.79 Å². The van der Waals surface area contributed by atoms with Crippen LogP contribution < -0.4 is 9.47 Å². The smallest absolute Gasteiger partial charge is 0.336 e. The van der Waals surface area contributed by atoms with Crippen molar-refractivity contribution in [2.24, 2.45) is 0 Å². The van der Waals surface area contributed by atoms with Gasteiger partial charge >= 0.3 is 17.9 Å². The molecule has 1 aromatic carbocycles. The summed E-state index contributed by atoms with van der Waals surface area (Å²) in [5.41, 5.74) is -1.38. The molecule has 13 nitrogen and oxygen atoms in total. The second-order valence-electron chi connectivity index (χ2n) is 9.33. The number of hydrogen-bond donors (Lipinski definition) is 5. The largest absolute Gasteiger partial charge is 0.481 e. The third-order valence-corrected chi connectivity index (χ3v) is 7.36. The first-order chi connectivity index (χ1) is 18.4. The maximum Gasteiger partial charge on any atom is 0.336 e. The van der Waals surface area contributed by atoms with Gasteiger partial charge < -0.3 is 39.6 Å². The summed E-state index contributed by atoms with van der Waals surface area (Å²) in [4.78, 5) is 37.4. The fourth-order valence-electron chi connectivity index (χ4n) is 4.52. The quantitative estimate of drug-likeness (QED) is 0.260. The number of imidazole rings is 1. The van der Waals surface area contributed by atoms with Crippen molar-refractivity contribution in [2.75, 3.05) is 26.1 Å². The monoisotopic (exact) mass is 567 g/mol. The molecule has 2 aromatic rings. The molecule has 214 valence electrons. The number of rotatable bonds is 10. The minimum absolute atomic E-state index is 0.258. The molecular formula is C25H33N3O10S. The van der Waals surface area contributed by atoms with Crippen LogP contribution >= 0.6 is 11.8 Å². The van der Waals surface area contributed by atoms with E-state index in [4.69, 9.17) is 29.9 Å². The molecule has 0 amide bonds. The maximum absolute atomic E-state index is 11.2. The molecule has 4 rings (SSSR count). The second kappa shape index (κ2) is 12.7.